The number of rotatable bonds is 1. The maximum absolute atomic E-state index is 13.3. The molecule has 1 aliphatic rings. The number of piperazine rings is 1. The van der Waals surface area contributed by atoms with E-state index in [0.29, 0.717) is 17.8 Å². The third kappa shape index (κ3) is 2.40. The zero-order chi connectivity index (χ0) is 13.4. The minimum atomic E-state index is -0.465. The summed E-state index contributed by atoms with van der Waals surface area (Å²) in [6, 6.07) is 3.77. The van der Waals surface area contributed by atoms with Crippen molar-refractivity contribution in [2.75, 3.05) is 30.8 Å². The van der Waals surface area contributed by atoms with E-state index >= 15 is 0 Å². The molecule has 0 aliphatic carbocycles. The number of halogens is 2. The molecule has 0 bridgehead atoms. The molecule has 2 N–H and O–H groups in total. The summed E-state index contributed by atoms with van der Waals surface area (Å²) >= 11 is 5.84. The highest BCUT2D eigenvalue weighted by atomic mass is 35.5. The molecule has 3 nitrogen and oxygen atoms in total. The van der Waals surface area contributed by atoms with Gasteiger partial charge in [0.2, 0.25) is 0 Å². The molecule has 2 unspecified atom stereocenters. The first kappa shape index (κ1) is 13.4. The van der Waals surface area contributed by atoms with E-state index in [4.69, 9.17) is 17.3 Å². The summed E-state index contributed by atoms with van der Waals surface area (Å²) in [4.78, 5) is 4.51. The van der Waals surface area contributed by atoms with Crippen LogP contribution >= 0.6 is 11.6 Å². The molecule has 2 atom stereocenters. The lowest BCUT2D eigenvalue weighted by Crippen LogP contribution is -2.55. The number of likely N-dealkylation sites (N-methyl/N-ethyl adjacent to an activating group) is 1. The van der Waals surface area contributed by atoms with Crippen LogP contribution in [0.1, 0.15) is 13.8 Å². The second kappa shape index (κ2) is 4.94. The first-order valence-corrected chi connectivity index (χ1v) is 6.49. The molecular weight excluding hydrogens is 253 g/mol. The molecule has 100 valence electrons. The lowest BCUT2D eigenvalue weighted by molar-refractivity contribution is 0.170. The van der Waals surface area contributed by atoms with Gasteiger partial charge in [-0.2, -0.15) is 0 Å². The van der Waals surface area contributed by atoms with Gasteiger partial charge in [-0.3, -0.25) is 4.90 Å². The van der Waals surface area contributed by atoms with Gasteiger partial charge in [0.05, 0.1) is 16.4 Å². The maximum Gasteiger partial charge on any atom is 0.143 e. The average Bonchev–Trinajstić information content (AvgIpc) is 2.30. The predicted molar refractivity (Wildman–Crippen MR) is 74.7 cm³/mol. The monoisotopic (exact) mass is 271 g/mol. The molecular formula is C13H19ClFN3. The van der Waals surface area contributed by atoms with Crippen LogP contribution in [0.4, 0.5) is 15.8 Å². The first-order valence-electron chi connectivity index (χ1n) is 6.11. The van der Waals surface area contributed by atoms with E-state index in [1.165, 1.54) is 6.07 Å². The Bertz CT molecular complexity index is 440. The number of hydrogen-bond acceptors (Lipinski definition) is 3. The second-order valence-electron chi connectivity index (χ2n) is 5.09. The Morgan fingerprint density at radius 3 is 2.39 bits per heavy atom. The molecule has 0 aromatic heterocycles. The number of nitrogens with zero attached hydrogens (tertiary/aromatic N) is 2. The Morgan fingerprint density at radius 2 is 1.83 bits per heavy atom. The van der Waals surface area contributed by atoms with E-state index in [0.717, 1.165) is 18.8 Å². The predicted octanol–water partition coefficient (Wildman–Crippen LogP) is 2.59. The fourth-order valence-corrected chi connectivity index (χ4v) is 2.58. The molecule has 1 aliphatic heterocycles. The van der Waals surface area contributed by atoms with Crippen molar-refractivity contribution in [3.63, 3.8) is 0 Å². The number of nitrogen functional groups attached to an aromatic ring is 1. The molecule has 18 heavy (non-hydrogen) atoms. The van der Waals surface area contributed by atoms with Crippen LogP contribution in [-0.2, 0) is 0 Å². The summed E-state index contributed by atoms with van der Waals surface area (Å²) in [5, 5.41) is 0.124. The number of nitrogens with two attached hydrogens (primary N) is 1. The van der Waals surface area contributed by atoms with Crippen molar-refractivity contribution in [2.24, 2.45) is 0 Å². The largest absolute Gasteiger partial charge is 0.397 e. The molecule has 0 radical (unpaired) electrons. The van der Waals surface area contributed by atoms with Crippen molar-refractivity contribution in [2.45, 2.75) is 25.9 Å². The highest BCUT2D eigenvalue weighted by molar-refractivity contribution is 6.31. The Morgan fingerprint density at radius 1 is 1.28 bits per heavy atom. The number of benzene rings is 1. The zero-order valence-electron chi connectivity index (χ0n) is 11.0. The first-order chi connectivity index (χ1) is 8.40. The Balaban J connectivity index is 2.29. The van der Waals surface area contributed by atoms with Gasteiger partial charge in [-0.1, -0.05) is 11.6 Å². The van der Waals surface area contributed by atoms with E-state index in [-0.39, 0.29) is 5.02 Å². The minimum absolute atomic E-state index is 0.124. The quantitative estimate of drug-likeness (QED) is 0.797. The standard InChI is InChI=1S/C13H19ClFN3/c1-8-6-18(7-9(2)17(8)3)13-4-10(14)11(15)5-12(13)16/h4-5,8-9H,6-7,16H2,1-3H3. The minimum Gasteiger partial charge on any atom is -0.397 e. The summed E-state index contributed by atoms with van der Waals surface area (Å²) in [6.07, 6.45) is 0. The summed E-state index contributed by atoms with van der Waals surface area (Å²) in [5.74, 6) is -0.465. The Hall–Kier alpha value is -1.00. The number of hydrogen-bond donors (Lipinski definition) is 1. The molecule has 0 amide bonds. The van der Waals surface area contributed by atoms with E-state index in [1.54, 1.807) is 6.07 Å². The zero-order valence-corrected chi connectivity index (χ0v) is 11.7. The highest BCUT2D eigenvalue weighted by Gasteiger charge is 2.27. The summed E-state index contributed by atoms with van der Waals surface area (Å²) in [6.45, 7) is 6.08. The van der Waals surface area contributed by atoms with Gasteiger partial charge in [0.25, 0.3) is 0 Å². The Kier molecular flexibility index (Phi) is 3.69. The summed E-state index contributed by atoms with van der Waals surface area (Å²) < 4.78 is 13.3. The van der Waals surface area contributed by atoms with Crippen molar-refractivity contribution >= 4 is 23.0 Å². The number of anilines is 2. The average molecular weight is 272 g/mol. The smallest absolute Gasteiger partial charge is 0.143 e. The van der Waals surface area contributed by atoms with Gasteiger partial charge in [-0.05, 0) is 27.0 Å². The van der Waals surface area contributed by atoms with Crippen molar-refractivity contribution in [1.82, 2.24) is 4.90 Å². The third-order valence-electron chi connectivity index (χ3n) is 3.77. The lowest BCUT2D eigenvalue weighted by Gasteiger charge is -2.43. The van der Waals surface area contributed by atoms with Crippen molar-refractivity contribution in [3.8, 4) is 0 Å². The fraction of sp³-hybridized carbons (Fsp3) is 0.538. The van der Waals surface area contributed by atoms with Gasteiger partial charge < -0.3 is 10.6 Å². The maximum atomic E-state index is 13.3. The molecule has 0 spiro atoms. The normalized spacial score (nSPS) is 25.5. The van der Waals surface area contributed by atoms with E-state index in [9.17, 15) is 4.39 Å². The highest BCUT2D eigenvalue weighted by Crippen LogP contribution is 2.31. The Labute approximate surface area is 112 Å². The van der Waals surface area contributed by atoms with Crippen molar-refractivity contribution in [1.29, 1.82) is 0 Å². The van der Waals surface area contributed by atoms with E-state index < -0.39 is 5.82 Å². The van der Waals surface area contributed by atoms with E-state index in [1.807, 2.05) is 0 Å². The van der Waals surface area contributed by atoms with Gasteiger partial charge in [0, 0.05) is 31.2 Å². The van der Waals surface area contributed by atoms with Crippen LogP contribution in [0.2, 0.25) is 5.02 Å². The van der Waals surface area contributed by atoms with Crippen LogP contribution in [-0.4, -0.2) is 37.1 Å². The van der Waals surface area contributed by atoms with Crippen LogP contribution in [0.5, 0.6) is 0 Å². The van der Waals surface area contributed by atoms with Crippen molar-refractivity contribution < 1.29 is 4.39 Å². The van der Waals surface area contributed by atoms with Gasteiger partial charge in [0.15, 0.2) is 0 Å². The van der Waals surface area contributed by atoms with Crippen molar-refractivity contribution in [3.05, 3.63) is 23.0 Å². The molecule has 0 saturated carbocycles. The van der Waals surface area contributed by atoms with Crippen LogP contribution in [0.25, 0.3) is 0 Å². The van der Waals surface area contributed by atoms with Crippen LogP contribution in [0.15, 0.2) is 12.1 Å². The summed E-state index contributed by atoms with van der Waals surface area (Å²) in [7, 11) is 2.12. The van der Waals surface area contributed by atoms with Gasteiger partial charge in [-0.15, -0.1) is 0 Å². The second-order valence-corrected chi connectivity index (χ2v) is 5.50. The molecule has 1 heterocycles. The third-order valence-corrected chi connectivity index (χ3v) is 4.06. The molecule has 5 heteroatoms. The topological polar surface area (TPSA) is 32.5 Å². The summed E-state index contributed by atoms with van der Waals surface area (Å²) in [5.41, 5.74) is 7.17. The lowest BCUT2D eigenvalue weighted by atomic mass is 10.1. The SMILES string of the molecule is CC1CN(c2cc(Cl)c(F)cc2N)CC(C)N1C. The van der Waals surface area contributed by atoms with Gasteiger partial charge in [0.1, 0.15) is 5.82 Å². The molecule has 1 aromatic carbocycles. The molecule has 1 aromatic rings. The van der Waals surface area contributed by atoms with Crippen LogP contribution in [0, 0.1) is 5.82 Å². The van der Waals surface area contributed by atoms with E-state index in [2.05, 4.69) is 30.7 Å². The molecule has 1 fully saturated rings. The van der Waals surface area contributed by atoms with Gasteiger partial charge >= 0.3 is 0 Å². The fourth-order valence-electron chi connectivity index (χ4n) is 2.43. The van der Waals surface area contributed by atoms with Gasteiger partial charge in [-0.25, -0.2) is 4.39 Å². The van der Waals surface area contributed by atoms with Crippen LogP contribution in [0.3, 0.4) is 0 Å². The van der Waals surface area contributed by atoms with Crippen LogP contribution < -0.4 is 10.6 Å². The molecule has 2 rings (SSSR count). The molecule has 1 saturated heterocycles.